The molecule has 0 aromatic heterocycles. The molecule has 1 rings (SSSR count). The molecule has 0 aliphatic rings. The smallest absolute Gasteiger partial charge is 0.271 e. The van der Waals surface area contributed by atoms with Gasteiger partial charge in [0, 0.05) is 24.8 Å². The summed E-state index contributed by atoms with van der Waals surface area (Å²) in [6.07, 6.45) is 0. The Labute approximate surface area is 121 Å². The fraction of sp³-hybridized carbons (Fsp3) is 0.455. The third-order valence-electron chi connectivity index (χ3n) is 2.90. The molecule has 0 radical (unpaired) electrons. The van der Waals surface area contributed by atoms with Crippen molar-refractivity contribution in [3.8, 4) is 0 Å². The number of hydrogen-bond donors (Lipinski definition) is 2. The van der Waals surface area contributed by atoms with Crippen molar-refractivity contribution in [1.82, 2.24) is 4.72 Å². The van der Waals surface area contributed by atoms with Crippen LogP contribution in [0.4, 0.5) is 5.69 Å². The van der Waals surface area contributed by atoms with Gasteiger partial charge in [-0.3, -0.25) is 10.1 Å². The Morgan fingerprint density at radius 2 is 2.05 bits per heavy atom. The van der Waals surface area contributed by atoms with Crippen LogP contribution in [0.5, 0.6) is 0 Å². The Balaban J connectivity index is 3.07. The maximum atomic E-state index is 12.1. The first kappa shape index (κ1) is 16.8. The van der Waals surface area contributed by atoms with Crippen molar-refractivity contribution in [2.75, 3.05) is 6.61 Å². The summed E-state index contributed by atoms with van der Waals surface area (Å²) in [5, 5.41) is 19.3. The second-order valence-corrected chi connectivity index (χ2v) is 6.53. The molecular formula is C11H15ClN2O5S. The summed E-state index contributed by atoms with van der Waals surface area (Å²) < 4.78 is 26.6. The number of nitrogens with zero attached hydrogens (tertiary/aromatic N) is 1. The van der Waals surface area contributed by atoms with Gasteiger partial charge in [-0.1, -0.05) is 18.5 Å². The molecule has 0 bridgehead atoms. The molecule has 0 saturated heterocycles. The second kappa shape index (κ2) is 6.49. The van der Waals surface area contributed by atoms with Crippen LogP contribution >= 0.6 is 11.6 Å². The minimum Gasteiger partial charge on any atom is -0.396 e. The molecule has 0 aliphatic carbocycles. The van der Waals surface area contributed by atoms with Crippen molar-refractivity contribution in [3.05, 3.63) is 33.3 Å². The standard InChI is InChI=1S/C11H15ClN2O5S/c1-7(6-15)8(2)13-20(18,19)11-4-3-9(14(16)17)5-10(11)12/h3-5,7-8,13,15H,6H2,1-2H3. The summed E-state index contributed by atoms with van der Waals surface area (Å²) in [6.45, 7) is 3.13. The van der Waals surface area contributed by atoms with E-state index in [1.807, 2.05) is 0 Å². The average molecular weight is 323 g/mol. The molecular weight excluding hydrogens is 308 g/mol. The zero-order chi connectivity index (χ0) is 15.5. The Kier molecular flexibility index (Phi) is 5.46. The molecule has 112 valence electrons. The van der Waals surface area contributed by atoms with Crippen molar-refractivity contribution in [1.29, 1.82) is 0 Å². The summed E-state index contributed by atoms with van der Waals surface area (Å²) >= 11 is 5.78. The molecule has 0 fully saturated rings. The fourth-order valence-corrected chi connectivity index (χ4v) is 3.29. The van der Waals surface area contributed by atoms with Gasteiger partial charge in [0.1, 0.15) is 4.90 Å². The molecule has 0 aliphatic heterocycles. The predicted molar refractivity (Wildman–Crippen MR) is 74.1 cm³/mol. The lowest BCUT2D eigenvalue weighted by molar-refractivity contribution is -0.384. The predicted octanol–water partition coefficient (Wildman–Crippen LogP) is 1.54. The summed E-state index contributed by atoms with van der Waals surface area (Å²) in [6, 6.07) is 2.63. The van der Waals surface area contributed by atoms with Gasteiger partial charge in [-0.05, 0) is 18.9 Å². The zero-order valence-corrected chi connectivity index (χ0v) is 12.5. The van der Waals surface area contributed by atoms with E-state index in [9.17, 15) is 18.5 Å². The number of benzene rings is 1. The number of rotatable bonds is 6. The van der Waals surface area contributed by atoms with Crippen LogP contribution < -0.4 is 4.72 Å². The molecule has 7 nitrogen and oxygen atoms in total. The molecule has 0 saturated carbocycles. The molecule has 9 heteroatoms. The Morgan fingerprint density at radius 1 is 1.45 bits per heavy atom. The van der Waals surface area contributed by atoms with E-state index in [1.165, 1.54) is 0 Å². The molecule has 0 heterocycles. The van der Waals surface area contributed by atoms with Crippen LogP contribution in [0.3, 0.4) is 0 Å². The number of hydrogen-bond acceptors (Lipinski definition) is 5. The number of nitro groups is 1. The normalized spacial score (nSPS) is 14.8. The van der Waals surface area contributed by atoms with Crippen LogP contribution in [0.25, 0.3) is 0 Å². The van der Waals surface area contributed by atoms with E-state index >= 15 is 0 Å². The van der Waals surface area contributed by atoms with Gasteiger partial charge in [0.15, 0.2) is 0 Å². The van der Waals surface area contributed by atoms with E-state index < -0.39 is 21.0 Å². The van der Waals surface area contributed by atoms with Crippen molar-refractivity contribution in [3.63, 3.8) is 0 Å². The number of aliphatic hydroxyl groups excluding tert-OH is 1. The fourth-order valence-electron chi connectivity index (χ4n) is 1.40. The van der Waals surface area contributed by atoms with Gasteiger partial charge in [-0.25, -0.2) is 13.1 Å². The molecule has 2 unspecified atom stereocenters. The Bertz CT molecular complexity index is 605. The molecule has 2 N–H and O–H groups in total. The molecule has 1 aromatic rings. The number of halogens is 1. The number of nitrogens with one attached hydrogen (secondary N) is 1. The van der Waals surface area contributed by atoms with Crippen LogP contribution in [0.15, 0.2) is 23.1 Å². The van der Waals surface area contributed by atoms with Crippen molar-refractivity contribution < 1.29 is 18.4 Å². The number of aliphatic hydroxyl groups is 1. The van der Waals surface area contributed by atoms with E-state index in [1.54, 1.807) is 13.8 Å². The summed E-state index contributed by atoms with van der Waals surface area (Å²) in [4.78, 5) is 9.68. The summed E-state index contributed by atoms with van der Waals surface area (Å²) in [5.74, 6) is -0.276. The van der Waals surface area contributed by atoms with Gasteiger partial charge < -0.3 is 5.11 Å². The minimum absolute atomic E-state index is 0.169. The van der Waals surface area contributed by atoms with E-state index in [2.05, 4.69) is 4.72 Å². The quantitative estimate of drug-likeness (QED) is 0.610. The van der Waals surface area contributed by atoms with Gasteiger partial charge in [-0.15, -0.1) is 0 Å². The zero-order valence-electron chi connectivity index (χ0n) is 10.9. The van der Waals surface area contributed by atoms with Crippen LogP contribution in [-0.2, 0) is 10.0 Å². The van der Waals surface area contributed by atoms with Crippen LogP contribution in [-0.4, -0.2) is 31.1 Å². The molecule has 2 atom stereocenters. The van der Waals surface area contributed by atoms with Crippen molar-refractivity contribution in [2.24, 2.45) is 5.92 Å². The summed E-state index contributed by atoms with van der Waals surface area (Å²) in [7, 11) is -3.90. The number of sulfonamides is 1. The van der Waals surface area contributed by atoms with Crippen LogP contribution in [0.2, 0.25) is 5.02 Å². The first-order valence-electron chi connectivity index (χ1n) is 5.76. The molecule has 1 aromatic carbocycles. The number of non-ortho nitro benzene ring substituents is 1. The summed E-state index contributed by atoms with van der Waals surface area (Å²) in [5.41, 5.74) is -0.286. The van der Waals surface area contributed by atoms with E-state index in [0.29, 0.717) is 0 Å². The van der Waals surface area contributed by atoms with Gasteiger partial charge in [0.25, 0.3) is 5.69 Å². The van der Waals surface area contributed by atoms with Crippen molar-refractivity contribution >= 4 is 27.3 Å². The third kappa shape index (κ3) is 3.89. The third-order valence-corrected chi connectivity index (χ3v) is 4.94. The van der Waals surface area contributed by atoms with E-state index in [0.717, 1.165) is 18.2 Å². The first-order chi connectivity index (χ1) is 9.19. The highest BCUT2D eigenvalue weighted by Gasteiger charge is 2.24. The average Bonchev–Trinajstić information content (AvgIpc) is 2.36. The molecule has 0 amide bonds. The molecule has 20 heavy (non-hydrogen) atoms. The lowest BCUT2D eigenvalue weighted by Crippen LogP contribution is -2.38. The lowest BCUT2D eigenvalue weighted by Gasteiger charge is -2.19. The maximum Gasteiger partial charge on any atom is 0.271 e. The monoisotopic (exact) mass is 322 g/mol. The van der Waals surface area contributed by atoms with Gasteiger partial charge in [-0.2, -0.15) is 0 Å². The van der Waals surface area contributed by atoms with Gasteiger partial charge in [0.2, 0.25) is 10.0 Å². The second-order valence-electron chi connectivity index (χ2n) is 4.44. The minimum atomic E-state index is -3.90. The topological polar surface area (TPSA) is 110 Å². The first-order valence-corrected chi connectivity index (χ1v) is 7.62. The van der Waals surface area contributed by atoms with Crippen LogP contribution in [0, 0.1) is 16.0 Å². The highest BCUT2D eigenvalue weighted by molar-refractivity contribution is 7.89. The largest absolute Gasteiger partial charge is 0.396 e. The van der Waals surface area contributed by atoms with Crippen molar-refractivity contribution in [2.45, 2.75) is 24.8 Å². The lowest BCUT2D eigenvalue weighted by atomic mass is 10.1. The highest BCUT2D eigenvalue weighted by Crippen LogP contribution is 2.26. The van der Waals surface area contributed by atoms with Crippen LogP contribution in [0.1, 0.15) is 13.8 Å². The SMILES string of the molecule is CC(CO)C(C)NS(=O)(=O)c1ccc([N+](=O)[O-])cc1Cl. The van der Waals surface area contributed by atoms with Gasteiger partial charge >= 0.3 is 0 Å². The Morgan fingerprint density at radius 3 is 2.50 bits per heavy atom. The van der Waals surface area contributed by atoms with E-state index in [-0.39, 0.29) is 28.1 Å². The molecule has 0 spiro atoms. The number of nitro benzene ring substituents is 1. The highest BCUT2D eigenvalue weighted by atomic mass is 35.5. The van der Waals surface area contributed by atoms with E-state index in [4.69, 9.17) is 16.7 Å². The maximum absolute atomic E-state index is 12.1. The Hall–Kier alpha value is -1.22. The van der Waals surface area contributed by atoms with Gasteiger partial charge in [0.05, 0.1) is 9.95 Å².